The van der Waals surface area contributed by atoms with E-state index in [1.807, 2.05) is 18.2 Å². The first-order valence-electron chi connectivity index (χ1n) is 11.0. The number of benzene rings is 1. The summed E-state index contributed by atoms with van der Waals surface area (Å²) in [6.07, 6.45) is 7.16. The zero-order valence-corrected chi connectivity index (χ0v) is 17.2. The molecule has 6 rings (SSSR count). The third-order valence-electron chi connectivity index (χ3n) is 8.17. The highest BCUT2D eigenvalue weighted by molar-refractivity contribution is 5.89. The molecule has 5 fully saturated rings. The summed E-state index contributed by atoms with van der Waals surface area (Å²) in [5, 5.41) is 3.54. The van der Waals surface area contributed by atoms with Gasteiger partial charge in [-0.1, -0.05) is 30.3 Å². The van der Waals surface area contributed by atoms with Crippen molar-refractivity contribution >= 4 is 11.9 Å². The van der Waals surface area contributed by atoms with Crippen molar-refractivity contribution in [2.45, 2.75) is 62.3 Å². The van der Waals surface area contributed by atoms with E-state index in [0.717, 1.165) is 37.7 Å². The second kappa shape index (κ2) is 6.83. The molecule has 1 aliphatic heterocycles. The van der Waals surface area contributed by atoms with Gasteiger partial charge in [0.2, 0.25) is 5.91 Å². The summed E-state index contributed by atoms with van der Waals surface area (Å²) in [5.74, 6) is 1.07. The number of hydrogen-bond acceptors (Lipinski definition) is 4. The Balaban J connectivity index is 1.46. The zero-order valence-electron chi connectivity index (χ0n) is 17.2. The first kappa shape index (κ1) is 19.1. The lowest BCUT2D eigenvalue weighted by Crippen LogP contribution is -2.67. The van der Waals surface area contributed by atoms with Crippen LogP contribution in [0.5, 0.6) is 0 Å². The number of amides is 1. The van der Waals surface area contributed by atoms with E-state index in [1.165, 1.54) is 13.5 Å². The number of esters is 1. The van der Waals surface area contributed by atoms with Crippen molar-refractivity contribution in [1.29, 1.82) is 0 Å². The van der Waals surface area contributed by atoms with E-state index in [1.54, 1.807) is 0 Å². The van der Waals surface area contributed by atoms with E-state index >= 15 is 0 Å². The minimum Gasteiger partial charge on any atom is -0.469 e. The average molecular weight is 398 g/mol. The van der Waals surface area contributed by atoms with Gasteiger partial charge in [-0.25, -0.2) is 0 Å². The molecule has 5 nitrogen and oxygen atoms in total. The highest BCUT2D eigenvalue weighted by Crippen LogP contribution is 2.62. The Labute approximate surface area is 172 Å². The number of hydrogen-bond donors (Lipinski definition) is 1. The maximum absolute atomic E-state index is 13.9. The number of rotatable bonds is 4. The minimum absolute atomic E-state index is 0.0749. The van der Waals surface area contributed by atoms with Crippen LogP contribution in [0.4, 0.5) is 0 Å². The van der Waals surface area contributed by atoms with Crippen LogP contribution in [-0.2, 0) is 24.5 Å². The van der Waals surface area contributed by atoms with Crippen LogP contribution in [0.2, 0.25) is 0 Å². The molecule has 4 bridgehead atoms. The van der Waals surface area contributed by atoms with Crippen LogP contribution in [-0.4, -0.2) is 37.7 Å². The number of carbonyl (C=O) groups is 2. The Kier molecular flexibility index (Phi) is 4.50. The molecule has 5 heteroatoms. The lowest BCUT2D eigenvalue weighted by Gasteiger charge is -2.61. The van der Waals surface area contributed by atoms with Crippen LogP contribution < -0.4 is 5.32 Å². The van der Waals surface area contributed by atoms with Gasteiger partial charge >= 0.3 is 5.97 Å². The fraction of sp³-hybridized carbons (Fsp3) is 0.667. The maximum Gasteiger partial charge on any atom is 0.311 e. The van der Waals surface area contributed by atoms with Crippen molar-refractivity contribution in [3.63, 3.8) is 0 Å². The average Bonchev–Trinajstić information content (AvgIpc) is 2.73. The smallest absolute Gasteiger partial charge is 0.311 e. The molecule has 2 unspecified atom stereocenters. The zero-order chi connectivity index (χ0) is 20.1. The molecule has 1 heterocycles. The van der Waals surface area contributed by atoms with E-state index in [4.69, 9.17) is 9.47 Å². The van der Waals surface area contributed by atoms with Gasteiger partial charge < -0.3 is 14.8 Å². The molecule has 0 radical (unpaired) electrons. The van der Waals surface area contributed by atoms with E-state index in [2.05, 4.69) is 17.4 Å². The van der Waals surface area contributed by atoms with Gasteiger partial charge in [0.1, 0.15) is 0 Å². The summed E-state index contributed by atoms with van der Waals surface area (Å²) in [7, 11) is 1.50. The van der Waals surface area contributed by atoms with Gasteiger partial charge in [-0.3, -0.25) is 9.59 Å². The third kappa shape index (κ3) is 3.00. The van der Waals surface area contributed by atoms with Crippen molar-refractivity contribution in [2.75, 3.05) is 20.3 Å². The summed E-state index contributed by atoms with van der Waals surface area (Å²) in [6, 6.07) is 10.2. The van der Waals surface area contributed by atoms with E-state index in [-0.39, 0.29) is 17.4 Å². The van der Waals surface area contributed by atoms with Crippen LogP contribution in [0, 0.1) is 17.3 Å². The van der Waals surface area contributed by atoms with E-state index < -0.39 is 10.8 Å². The number of methoxy groups -OCH3 is 1. The minimum atomic E-state index is -0.540. The van der Waals surface area contributed by atoms with Gasteiger partial charge in [0.05, 0.1) is 17.9 Å². The van der Waals surface area contributed by atoms with Crippen LogP contribution in [0.15, 0.2) is 30.3 Å². The Bertz CT molecular complexity index is 784. The molecule has 0 aromatic heterocycles. The van der Waals surface area contributed by atoms with Crippen LogP contribution in [0.25, 0.3) is 0 Å². The summed E-state index contributed by atoms with van der Waals surface area (Å²) >= 11 is 0. The molecular weight excluding hydrogens is 366 g/mol. The Hall–Kier alpha value is -1.88. The SMILES string of the molecule is COC(=O)C12CC3CC(CC(NC(=O)C4(c5ccccc5)CCOCC4)(C3)C1)C2. The largest absolute Gasteiger partial charge is 0.469 e. The van der Waals surface area contributed by atoms with Gasteiger partial charge in [-0.2, -0.15) is 0 Å². The van der Waals surface area contributed by atoms with Crippen LogP contribution >= 0.6 is 0 Å². The molecule has 1 N–H and O–H groups in total. The first-order valence-corrected chi connectivity index (χ1v) is 11.0. The van der Waals surface area contributed by atoms with E-state index in [9.17, 15) is 9.59 Å². The van der Waals surface area contributed by atoms with E-state index in [0.29, 0.717) is 37.9 Å². The van der Waals surface area contributed by atoms with Crippen molar-refractivity contribution in [2.24, 2.45) is 17.3 Å². The second-order valence-corrected chi connectivity index (χ2v) is 10.0. The van der Waals surface area contributed by atoms with Gasteiger partial charge in [-0.05, 0) is 68.8 Å². The summed E-state index contributed by atoms with van der Waals surface area (Å²) in [6.45, 7) is 1.21. The topological polar surface area (TPSA) is 64.6 Å². The summed E-state index contributed by atoms with van der Waals surface area (Å²) in [4.78, 5) is 26.6. The fourth-order valence-corrected chi connectivity index (χ4v) is 7.35. The molecule has 29 heavy (non-hydrogen) atoms. The van der Waals surface area contributed by atoms with Crippen LogP contribution in [0.3, 0.4) is 0 Å². The molecule has 4 saturated carbocycles. The predicted molar refractivity (Wildman–Crippen MR) is 108 cm³/mol. The van der Waals surface area contributed by atoms with Gasteiger partial charge in [-0.15, -0.1) is 0 Å². The third-order valence-corrected chi connectivity index (χ3v) is 8.17. The monoisotopic (exact) mass is 397 g/mol. The van der Waals surface area contributed by atoms with Crippen molar-refractivity contribution in [3.8, 4) is 0 Å². The molecule has 1 aromatic rings. The molecule has 1 amide bonds. The normalized spacial score (nSPS) is 37.1. The molecule has 4 aliphatic carbocycles. The fourth-order valence-electron chi connectivity index (χ4n) is 7.35. The first-order chi connectivity index (χ1) is 14.0. The molecule has 156 valence electrons. The molecule has 2 atom stereocenters. The lowest BCUT2D eigenvalue weighted by molar-refractivity contribution is -0.173. The maximum atomic E-state index is 13.9. The molecular formula is C24H31NO4. The van der Waals surface area contributed by atoms with Gasteiger partial charge in [0, 0.05) is 18.8 Å². The Morgan fingerprint density at radius 3 is 2.31 bits per heavy atom. The summed E-state index contributed by atoms with van der Waals surface area (Å²) in [5.41, 5.74) is -0.133. The Morgan fingerprint density at radius 1 is 1.03 bits per heavy atom. The van der Waals surface area contributed by atoms with Crippen molar-refractivity contribution in [3.05, 3.63) is 35.9 Å². The van der Waals surface area contributed by atoms with Crippen LogP contribution in [0.1, 0.15) is 56.9 Å². The predicted octanol–water partition coefficient (Wildman–Crippen LogP) is 3.36. The molecule has 5 aliphatic rings. The van der Waals surface area contributed by atoms with Crippen molar-refractivity contribution < 1.29 is 19.1 Å². The summed E-state index contributed by atoms with van der Waals surface area (Å²) < 4.78 is 10.8. The standard InChI is InChI=1S/C24H31NO4/c1-28-21(27)22-12-17-11-18(13-22)15-23(14-17,16-22)25-20(26)24(7-9-29-10-8-24)19-5-3-2-4-6-19/h2-6,17-18H,7-16H2,1H3,(H,25,26). The number of carbonyl (C=O) groups excluding carboxylic acids is 2. The highest BCUT2D eigenvalue weighted by atomic mass is 16.5. The highest BCUT2D eigenvalue weighted by Gasteiger charge is 2.62. The molecule has 1 saturated heterocycles. The Morgan fingerprint density at radius 2 is 1.69 bits per heavy atom. The van der Waals surface area contributed by atoms with Gasteiger partial charge in [0.25, 0.3) is 0 Å². The molecule has 0 spiro atoms. The van der Waals surface area contributed by atoms with Crippen molar-refractivity contribution in [1.82, 2.24) is 5.32 Å². The lowest BCUT2D eigenvalue weighted by atomic mass is 9.46. The second-order valence-electron chi connectivity index (χ2n) is 10.0. The molecule has 1 aromatic carbocycles. The quantitative estimate of drug-likeness (QED) is 0.792. The number of nitrogens with one attached hydrogen (secondary N) is 1. The van der Waals surface area contributed by atoms with Gasteiger partial charge in [0.15, 0.2) is 0 Å². The number of ether oxygens (including phenoxy) is 2.